The largest absolute Gasteiger partial charge is 0.241 e. The van der Waals surface area contributed by atoms with Crippen LogP contribution in [0.4, 0.5) is 0 Å². The monoisotopic (exact) mass is 387 g/mol. The van der Waals surface area contributed by atoms with E-state index < -0.39 is 10.0 Å². The second-order valence-corrected chi connectivity index (χ2v) is 10.2. The van der Waals surface area contributed by atoms with E-state index >= 15 is 0 Å². The van der Waals surface area contributed by atoms with Crippen molar-refractivity contribution in [3.63, 3.8) is 0 Å². The molecule has 0 aliphatic rings. The lowest BCUT2D eigenvalue weighted by Crippen LogP contribution is -2.43. The molecule has 19 heavy (non-hydrogen) atoms. The first kappa shape index (κ1) is 17.4. The van der Waals surface area contributed by atoms with Gasteiger partial charge in [0, 0.05) is 16.8 Å². The van der Waals surface area contributed by atoms with Gasteiger partial charge >= 0.3 is 0 Å². The van der Waals surface area contributed by atoms with Gasteiger partial charge in [0.15, 0.2) is 0 Å². The van der Waals surface area contributed by atoms with Crippen LogP contribution in [0, 0.1) is 12.3 Å². The van der Waals surface area contributed by atoms with E-state index in [0.717, 1.165) is 8.66 Å². The number of halogens is 2. The summed E-state index contributed by atoms with van der Waals surface area (Å²) in [6, 6.07) is 1.45. The van der Waals surface area contributed by atoms with E-state index in [1.807, 2.05) is 20.8 Å². The summed E-state index contributed by atoms with van der Waals surface area (Å²) in [5.41, 5.74) is -0.177. The first-order valence-electron chi connectivity index (χ1n) is 5.92. The van der Waals surface area contributed by atoms with Gasteiger partial charge < -0.3 is 0 Å². The van der Waals surface area contributed by atoms with E-state index in [1.165, 1.54) is 11.3 Å². The molecule has 110 valence electrons. The van der Waals surface area contributed by atoms with Gasteiger partial charge in [-0.25, -0.2) is 13.1 Å². The fraction of sp³-hybridized carbons (Fsp3) is 0.667. The molecule has 0 fully saturated rings. The first-order valence-corrected chi connectivity index (χ1v) is 9.55. The highest BCUT2D eigenvalue weighted by atomic mass is 79.9. The van der Waals surface area contributed by atoms with Gasteiger partial charge in [0.2, 0.25) is 10.0 Å². The smallest absolute Gasteiger partial charge is 0.207 e. The Morgan fingerprint density at radius 2 is 2.05 bits per heavy atom. The summed E-state index contributed by atoms with van der Waals surface area (Å²) in [5.74, 6) is 0.427. The fourth-order valence-corrected chi connectivity index (χ4v) is 5.84. The lowest BCUT2D eigenvalue weighted by molar-refractivity contribution is 0.292. The van der Waals surface area contributed by atoms with Crippen molar-refractivity contribution in [2.45, 2.75) is 45.1 Å². The van der Waals surface area contributed by atoms with E-state index in [9.17, 15) is 8.42 Å². The molecule has 7 heteroatoms. The molecule has 1 rings (SSSR count). The third-order valence-electron chi connectivity index (χ3n) is 2.87. The van der Waals surface area contributed by atoms with Crippen LogP contribution in [0.25, 0.3) is 0 Å². The summed E-state index contributed by atoms with van der Waals surface area (Å²) >= 11 is 10.5. The molecule has 0 saturated heterocycles. The molecule has 3 nitrogen and oxygen atoms in total. The van der Waals surface area contributed by atoms with Crippen LogP contribution in [-0.2, 0) is 10.0 Å². The van der Waals surface area contributed by atoms with Crippen molar-refractivity contribution in [2.75, 3.05) is 5.88 Å². The van der Waals surface area contributed by atoms with Crippen molar-refractivity contribution in [1.82, 2.24) is 4.72 Å². The molecule has 0 saturated carbocycles. The van der Waals surface area contributed by atoms with Crippen LogP contribution in [0.2, 0.25) is 0 Å². The van der Waals surface area contributed by atoms with Gasteiger partial charge in [0.1, 0.15) is 0 Å². The van der Waals surface area contributed by atoms with E-state index in [1.54, 1.807) is 13.0 Å². The molecule has 0 spiro atoms. The van der Waals surface area contributed by atoms with Crippen molar-refractivity contribution in [3.05, 3.63) is 14.7 Å². The number of hydrogen-bond acceptors (Lipinski definition) is 3. The highest BCUT2D eigenvalue weighted by molar-refractivity contribution is 9.11. The Kier molecular flexibility index (Phi) is 5.90. The molecule has 1 heterocycles. The van der Waals surface area contributed by atoms with Gasteiger partial charge in [-0.05, 0) is 40.8 Å². The van der Waals surface area contributed by atoms with Gasteiger partial charge in [-0.15, -0.1) is 22.9 Å². The molecule has 1 aromatic heterocycles. The van der Waals surface area contributed by atoms with E-state index in [-0.39, 0.29) is 11.5 Å². The molecule has 0 radical (unpaired) electrons. The number of hydrogen-bond donors (Lipinski definition) is 1. The normalized spacial score (nSPS) is 14.6. The number of rotatable bonds is 5. The molecule has 1 N–H and O–H groups in total. The van der Waals surface area contributed by atoms with Crippen LogP contribution in [0.3, 0.4) is 0 Å². The van der Waals surface area contributed by atoms with Crippen molar-refractivity contribution in [3.8, 4) is 0 Å². The number of thiophene rings is 1. The van der Waals surface area contributed by atoms with Crippen LogP contribution < -0.4 is 4.72 Å². The minimum Gasteiger partial charge on any atom is -0.207 e. The zero-order valence-corrected chi connectivity index (χ0v) is 15.4. The van der Waals surface area contributed by atoms with Crippen molar-refractivity contribution in [2.24, 2.45) is 5.41 Å². The standard InChI is InChI=1S/C12H19BrClNO2S2/c1-8-9(7-11(13)18-8)19(16,17)15-10(5-6-14)12(2,3)4/h7,10,15H,5-6H2,1-4H3. The van der Waals surface area contributed by atoms with Crippen LogP contribution >= 0.6 is 38.9 Å². The highest BCUT2D eigenvalue weighted by Gasteiger charge is 2.30. The Balaban J connectivity index is 3.04. The molecule has 1 unspecified atom stereocenters. The maximum atomic E-state index is 12.4. The second kappa shape index (κ2) is 6.43. The number of sulfonamides is 1. The molecule has 0 bridgehead atoms. The lowest BCUT2D eigenvalue weighted by Gasteiger charge is -2.30. The van der Waals surface area contributed by atoms with Crippen molar-refractivity contribution in [1.29, 1.82) is 0 Å². The van der Waals surface area contributed by atoms with Crippen LogP contribution in [-0.4, -0.2) is 20.3 Å². The number of alkyl halides is 1. The average molecular weight is 389 g/mol. The Morgan fingerprint density at radius 1 is 1.47 bits per heavy atom. The summed E-state index contributed by atoms with van der Waals surface area (Å²) in [7, 11) is -3.50. The molecule has 1 aromatic rings. The Bertz CT molecular complexity index is 534. The highest BCUT2D eigenvalue weighted by Crippen LogP contribution is 2.31. The Morgan fingerprint density at radius 3 is 2.42 bits per heavy atom. The third-order valence-corrected chi connectivity index (χ3v) is 6.37. The molecular weight excluding hydrogens is 370 g/mol. The summed E-state index contributed by atoms with van der Waals surface area (Å²) in [4.78, 5) is 1.12. The predicted octanol–water partition coefficient (Wildman–Crippen LogP) is 4.14. The molecule has 0 amide bonds. The molecular formula is C12H19BrClNO2S2. The first-order chi connectivity index (χ1) is 8.58. The Labute approximate surface area is 132 Å². The van der Waals surface area contributed by atoms with Gasteiger partial charge in [-0.1, -0.05) is 20.8 Å². The molecule has 0 aliphatic heterocycles. The summed E-state index contributed by atoms with van der Waals surface area (Å²) < 4.78 is 28.5. The minimum atomic E-state index is -3.50. The quantitative estimate of drug-likeness (QED) is 0.770. The zero-order chi connectivity index (χ0) is 14.8. The summed E-state index contributed by atoms with van der Waals surface area (Å²) in [6.45, 7) is 7.81. The maximum absolute atomic E-state index is 12.4. The van der Waals surface area contributed by atoms with Gasteiger partial charge in [-0.3, -0.25) is 0 Å². The van der Waals surface area contributed by atoms with Crippen LogP contribution in [0.5, 0.6) is 0 Å². The van der Waals surface area contributed by atoms with Gasteiger partial charge in [-0.2, -0.15) is 0 Å². The van der Waals surface area contributed by atoms with E-state index in [2.05, 4.69) is 20.7 Å². The van der Waals surface area contributed by atoms with Crippen molar-refractivity contribution >= 4 is 48.9 Å². The summed E-state index contributed by atoms with van der Waals surface area (Å²) in [6.07, 6.45) is 0.606. The number of aryl methyl sites for hydroxylation is 1. The summed E-state index contributed by atoms with van der Waals surface area (Å²) in [5, 5.41) is 0. The molecule has 1 atom stereocenters. The second-order valence-electron chi connectivity index (χ2n) is 5.49. The third kappa shape index (κ3) is 4.70. The Hall–Kier alpha value is 0.380. The van der Waals surface area contributed by atoms with Crippen LogP contribution in [0.15, 0.2) is 14.7 Å². The lowest BCUT2D eigenvalue weighted by atomic mass is 9.86. The predicted molar refractivity (Wildman–Crippen MR) is 85.7 cm³/mol. The molecule has 0 aliphatic carbocycles. The van der Waals surface area contributed by atoms with E-state index in [0.29, 0.717) is 17.2 Å². The topological polar surface area (TPSA) is 46.2 Å². The molecule has 0 aromatic carbocycles. The fourth-order valence-electron chi connectivity index (χ4n) is 1.73. The van der Waals surface area contributed by atoms with Gasteiger partial charge in [0.05, 0.1) is 8.68 Å². The SMILES string of the molecule is Cc1sc(Br)cc1S(=O)(=O)NC(CCCl)C(C)(C)C. The van der Waals surface area contributed by atoms with Crippen LogP contribution in [0.1, 0.15) is 32.1 Å². The maximum Gasteiger partial charge on any atom is 0.241 e. The minimum absolute atomic E-state index is 0.177. The average Bonchev–Trinajstić information content (AvgIpc) is 2.56. The van der Waals surface area contributed by atoms with E-state index in [4.69, 9.17) is 11.6 Å². The van der Waals surface area contributed by atoms with Gasteiger partial charge in [0.25, 0.3) is 0 Å². The zero-order valence-electron chi connectivity index (χ0n) is 11.5. The van der Waals surface area contributed by atoms with Crippen molar-refractivity contribution < 1.29 is 8.42 Å². The number of nitrogens with one attached hydrogen (secondary N) is 1.